The molecule has 0 spiro atoms. The van der Waals surface area contributed by atoms with Crippen molar-refractivity contribution in [3.05, 3.63) is 40.8 Å². The second-order valence-corrected chi connectivity index (χ2v) is 5.84. The van der Waals surface area contributed by atoms with Crippen LogP contribution >= 0.6 is 0 Å². The third kappa shape index (κ3) is 3.35. The molecule has 1 N–H and O–H groups in total. The number of nitrogens with zero attached hydrogens (tertiary/aromatic N) is 3. The predicted molar refractivity (Wildman–Crippen MR) is 91.8 cm³/mol. The van der Waals surface area contributed by atoms with Crippen LogP contribution in [-0.4, -0.2) is 33.6 Å². The Morgan fingerprint density at radius 3 is 2.32 bits per heavy atom. The van der Waals surface area contributed by atoms with E-state index in [9.17, 15) is 19.5 Å². The van der Waals surface area contributed by atoms with Crippen LogP contribution in [0.3, 0.4) is 0 Å². The van der Waals surface area contributed by atoms with Crippen molar-refractivity contribution in [1.82, 2.24) is 4.90 Å². The zero-order valence-electron chi connectivity index (χ0n) is 14.7. The first-order valence-corrected chi connectivity index (χ1v) is 8.16. The van der Waals surface area contributed by atoms with Gasteiger partial charge in [-0.1, -0.05) is 19.9 Å². The molecule has 0 saturated heterocycles. The van der Waals surface area contributed by atoms with Gasteiger partial charge in [-0.25, -0.2) is 0 Å². The van der Waals surface area contributed by atoms with Gasteiger partial charge in [-0.3, -0.25) is 19.3 Å². The summed E-state index contributed by atoms with van der Waals surface area (Å²) in [6.45, 7) is 6.43. The summed E-state index contributed by atoms with van der Waals surface area (Å²) >= 11 is 0. The van der Waals surface area contributed by atoms with Crippen molar-refractivity contribution in [2.24, 2.45) is 10.2 Å². The molecule has 0 aliphatic carbocycles. The zero-order chi connectivity index (χ0) is 18.7. The molecule has 0 unspecified atom stereocenters. The van der Waals surface area contributed by atoms with Crippen LogP contribution in [-0.2, 0) is 4.79 Å². The first-order valence-electron chi connectivity index (χ1n) is 8.16. The van der Waals surface area contributed by atoms with Crippen molar-refractivity contribution in [3.63, 3.8) is 0 Å². The van der Waals surface area contributed by atoms with Crippen LogP contribution in [0.15, 0.2) is 39.9 Å². The van der Waals surface area contributed by atoms with Gasteiger partial charge in [-0.2, -0.15) is 0 Å². The second-order valence-electron chi connectivity index (χ2n) is 5.84. The molecular weight excluding hydrogens is 322 g/mol. The first-order chi connectivity index (χ1) is 11.8. The van der Waals surface area contributed by atoms with Crippen molar-refractivity contribution in [3.8, 4) is 0 Å². The minimum Gasteiger partial charge on any atom is -0.510 e. The molecule has 2 amide bonds. The van der Waals surface area contributed by atoms with Crippen LogP contribution in [0.2, 0.25) is 0 Å². The number of fused-ring (bicyclic) bond motifs is 1. The molecule has 0 fully saturated rings. The molecule has 0 atom stereocenters. The Labute approximate surface area is 146 Å². The molecular formula is C18H21N3O4. The van der Waals surface area contributed by atoms with E-state index in [0.717, 1.165) is 0 Å². The highest BCUT2D eigenvalue weighted by Crippen LogP contribution is 2.33. The summed E-state index contributed by atoms with van der Waals surface area (Å²) in [6, 6.07) is 4.56. The molecule has 1 heterocycles. The standard InChI is InChI=1S/C18H21N3O4/c1-5-12(6-2)21-17(24)13-8-7-9-14(15(13)18(21)25)19-20-16(10(3)22)11(4)23/h7-9,12,22H,5-6H2,1-4H3/b16-10-,20-19?. The van der Waals surface area contributed by atoms with Gasteiger partial charge in [0, 0.05) is 13.0 Å². The maximum atomic E-state index is 12.8. The Hall–Kier alpha value is -2.83. The third-order valence-corrected chi connectivity index (χ3v) is 4.17. The summed E-state index contributed by atoms with van der Waals surface area (Å²) in [4.78, 5) is 38.1. The number of imide groups is 1. The Kier molecular flexibility index (Phi) is 5.46. The Bertz CT molecular complexity index is 788. The molecule has 132 valence electrons. The van der Waals surface area contributed by atoms with Crippen molar-refractivity contribution in [2.45, 2.75) is 46.6 Å². The van der Waals surface area contributed by atoms with Gasteiger partial charge in [-0.05, 0) is 31.9 Å². The highest BCUT2D eigenvalue weighted by molar-refractivity contribution is 6.23. The summed E-state index contributed by atoms with van der Waals surface area (Å²) in [5.41, 5.74) is 0.472. The van der Waals surface area contributed by atoms with Gasteiger partial charge in [0.15, 0.2) is 11.5 Å². The van der Waals surface area contributed by atoms with Crippen LogP contribution in [0.5, 0.6) is 0 Å². The van der Waals surface area contributed by atoms with E-state index >= 15 is 0 Å². The maximum Gasteiger partial charge on any atom is 0.264 e. The lowest BCUT2D eigenvalue weighted by Crippen LogP contribution is -2.39. The predicted octanol–water partition coefficient (Wildman–Crippen LogP) is 3.93. The van der Waals surface area contributed by atoms with E-state index in [1.165, 1.54) is 18.7 Å². The van der Waals surface area contributed by atoms with Crippen LogP contribution < -0.4 is 0 Å². The number of amides is 2. The Balaban J connectivity index is 2.49. The minimum absolute atomic E-state index is 0.176. The van der Waals surface area contributed by atoms with Crippen LogP contribution in [0.25, 0.3) is 0 Å². The van der Waals surface area contributed by atoms with Crippen molar-refractivity contribution in [2.75, 3.05) is 0 Å². The smallest absolute Gasteiger partial charge is 0.264 e. The first kappa shape index (κ1) is 18.5. The number of aliphatic hydroxyl groups excluding tert-OH is 1. The number of hydrogen-bond acceptors (Lipinski definition) is 6. The minimum atomic E-state index is -0.447. The molecule has 7 heteroatoms. The average Bonchev–Trinajstić information content (AvgIpc) is 2.81. The molecule has 0 aromatic heterocycles. The van der Waals surface area contributed by atoms with Gasteiger partial charge in [0.25, 0.3) is 11.8 Å². The van der Waals surface area contributed by atoms with E-state index in [-0.39, 0.29) is 40.2 Å². The van der Waals surface area contributed by atoms with E-state index in [1.807, 2.05) is 13.8 Å². The van der Waals surface area contributed by atoms with E-state index in [4.69, 9.17) is 0 Å². The third-order valence-electron chi connectivity index (χ3n) is 4.17. The van der Waals surface area contributed by atoms with Gasteiger partial charge in [-0.15, -0.1) is 10.2 Å². The van der Waals surface area contributed by atoms with Gasteiger partial charge in [0.1, 0.15) is 5.76 Å². The molecule has 1 aliphatic rings. The monoisotopic (exact) mass is 343 g/mol. The van der Waals surface area contributed by atoms with Crippen LogP contribution in [0.1, 0.15) is 61.3 Å². The summed E-state index contributed by atoms with van der Waals surface area (Å²) in [6.07, 6.45) is 1.33. The van der Waals surface area contributed by atoms with Crippen LogP contribution in [0, 0.1) is 0 Å². The molecule has 0 saturated carbocycles. The van der Waals surface area contributed by atoms with Gasteiger partial charge >= 0.3 is 0 Å². The van der Waals surface area contributed by atoms with Gasteiger partial charge in [0.2, 0.25) is 0 Å². The number of hydrogen-bond donors (Lipinski definition) is 1. The molecule has 7 nitrogen and oxygen atoms in total. The molecule has 0 radical (unpaired) electrons. The van der Waals surface area contributed by atoms with Gasteiger partial charge < -0.3 is 5.11 Å². The summed E-state index contributed by atoms with van der Waals surface area (Å²) in [5, 5.41) is 17.2. The highest BCUT2D eigenvalue weighted by atomic mass is 16.3. The number of carbonyl (C=O) groups excluding carboxylic acids is 3. The number of benzene rings is 1. The van der Waals surface area contributed by atoms with Crippen molar-refractivity contribution >= 4 is 23.3 Å². The number of azo groups is 1. The fourth-order valence-corrected chi connectivity index (χ4v) is 2.86. The SMILES string of the molecule is CCC(CC)N1C(=O)c2cccc(N=N/C(C(C)=O)=C(/C)O)c2C1=O. The lowest BCUT2D eigenvalue weighted by molar-refractivity contribution is -0.113. The molecule has 1 aromatic rings. The number of rotatable bonds is 6. The molecule has 1 aliphatic heterocycles. The zero-order valence-corrected chi connectivity index (χ0v) is 14.7. The van der Waals surface area contributed by atoms with E-state index in [1.54, 1.807) is 18.2 Å². The fourth-order valence-electron chi connectivity index (χ4n) is 2.86. The summed E-state index contributed by atoms with van der Waals surface area (Å²) < 4.78 is 0. The van der Waals surface area contributed by atoms with E-state index < -0.39 is 11.7 Å². The summed E-state index contributed by atoms with van der Waals surface area (Å²) in [7, 11) is 0. The Morgan fingerprint density at radius 2 is 1.80 bits per heavy atom. The van der Waals surface area contributed by atoms with E-state index in [2.05, 4.69) is 10.2 Å². The van der Waals surface area contributed by atoms with Crippen molar-refractivity contribution in [1.29, 1.82) is 0 Å². The van der Waals surface area contributed by atoms with Gasteiger partial charge in [0.05, 0.1) is 16.8 Å². The normalized spacial score (nSPS) is 15.2. The molecule has 25 heavy (non-hydrogen) atoms. The quantitative estimate of drug-likeness (QED) is 0.366. The number of ketones is 1. The molecule has 1 aromatic carbocycles. The lowest BCUT2D eigenvalue weighted by Gasteiger charge is -2.23. The number of aliphatic hydroxyl groups is 1. The Morgan fingerprint density at radius 1 is 1.16 bits per heavy atom. The van der Waals surface area contributed by atoms with E-state index in [0.29, 0.717) is 12.8 Å². The van der Waals surface area contributed by atoms with Crippen molar-refractivity contribution < 1.29 is 19.5 Å². The van der Waals surface area contributed by atoms with Crippen LogP contribution in [0.4, 0.5) is 5.69 Å². The lowest BCUT2D eigenvalue weighted by atomic mass is 10.1. The second kappa shape index (κ2) is 7.38. The number of allylic oxidation sites excluding steroid dienone is 2. The maximum absolute atomic E-state index is 12.8. The number of carbonyl (C=O) groups is 3. The largest absolute Gasteiger partial charge is 0.510 e. The summed E-state index contributed by atoms with van der Waals surface area (Å²) in [5.74, 6) is -1.45. The topological polar surface area (TPSA) is 99.4 Å². The highest BCUT2D eigenvalue weighted by Gasteiger charge is 2.40. The molecule has 2 rings (SSSR count). The number of Topliss-reactive ketones (excluding diaryl/α,β-unsaturated/α-hetero) is 1. The molecule has 0 bridgehead atoms. The average molecular weight is 343 g/mol. The fraction of sp³-hybridized carbons (Fsp3) is 0.389.